The van der Waals surface area contributed by atoms with Crippen molar-refractivity contribution in [3.05, 3.63) is 37.2 Å². The lowest BCUT2D eigenvalue weighted by molar-refractivity contribution is 1.20. The number of aryl methyl sites for hydroxylation is 1. The van der Waals surface area contributed by atoms with Crippen molar-refractivity contribution >= 4 is 5.69 Å². The van der Waals surface area contributed by atoms with E-state index in [2.05, 4.69) is 18.1 Å². The maximum atomic E-state index is 5.36. The highest BCUT2D eigenvalue weighted by molar-refractivity contribution is 5.34. The fourth-order valence-corrected chi connectivity index (χ4v) is 0.479. The number of nitrogens with two attached hydrogens (primary N) is 1. The third-order valence-electron chi connectivity index (χ3n) is 0.934. The molecule has 5 N–H and O–H groups in total. The molecule has 0 radical (unpaired) electrons. The number of hydrogen-bond donors (Lipinski definition) is 2. The van der Waals surface area contributed by atoms with Crippen LogP contribution < -0.4 is 11.9 Å². The van der Waals surface area contributed by atoms with Gasteiger partial charge in [-0.25, -0.2) is 0 Å². The van der Waals surface area contributed by atoms with Crippen molar-refractivity contribution in [1.82, 2.24) is 11.1 Å². The summed E-state index contributed by atoms with van der Waals surface area (Å²) in [5.74, 6) is 0. The van der Waals surface area contributed by atoms with Crippen LogP contribution in [-0.2, 0) is 0 Å². The fourth-order valence-electron chi connectivity index (χ4n) is 0.479. The van der Waals surface area contributed by atoms with E-state index in [0.717, 1.165) is 11.4 Å². The molecule has 0 amide bonds. The van der Waals surface area contributed by atoms with Crippen LogP contribution in [0.5, 0.6) is 0 Å². The summed E-state index contributed by atoms with van der Waals surface area (Å²) in [5, 5.41) is 0. The molecule has 1 rings (SSSR count). The lowest BCUT2D eigenvalue weighted by Gasteiger charge is -1.89. The van der Waals surface area contributed by atoms with Gasteiger partial charge in [0.2, 0.25) is 0 Å². The molecule has 0 atom stereocenters. The van der Waals surface area contributed by atoms with Gasteiger partial charge >= 0.3 is 0 Å². The first kappa shape index (κ1) is 17.7. The van der Waals surface area contributed by atoms with E-state index in [9.17, 15) is 0 Å². The van der Waals surface area contributed by atoms with Crippen LogP contribution in [0.15, 0.2) is 31.5 Å². The number of aromatic nitrogens is 1. The lowest BCUT2D eigenvalue weighted by Crippen LogP contribution is -1.85. The number of anilines is 1. The maximum absolute atomic E-state index is 5.36. The first-order valence-corrected chi connectivity index (χ1v) is 3.97. The minimum atomic E-state index is 0. The van der Waals surface area contributed by atoms with Crippen LogP contribution in [0.2, 0.25) is 0 Å². The van der Waals surface area contributed by atoms with E-state index in [1.165, 1.54) is 0 Å². The highest BCUT2D eigenvalue weighted by Gasteiger charge is 1.81. The summed E-state index contributed by atoms with van der Waals surface area (Å²) in [6.45, 7) is 11.9. The van der Waals surface area contributed by atoms with Crippen molar-refractivity contribution in [2.45, 2.75) is 20.8 Å². The molecule has 13 heavy (non-hydrogen) atoms. The molecule has 0 spiro atoms. The highest BCUT2D eigenvalue weighted by Crippen LogP contribution is 1.97. The Morgan fingerprint density at radius 1 is 1.31 bits per heavy atom. The van der Waals surface area contributed by atoms with Crippen LogP contribution in [0.25, 0.3) is 0 Å². The predicted molar refractivity (Wildman–Crippen MR) is 63.1 cm³/mol. The number of nitrogen functional groups attached to an aromatic ring is 1. The standard InChI is InChI=1S/C6H8N2.C2H6.C2H4.H3N.H2/c1-5-2-3-6(7)4-8-5;2*1-2;;/h2-4H,7H2,1H3;1-2H3;1-2H2;1H3;1H. The van der Waals surface area contributed by atoms with Gasteiger partial charge in [-0.3, -0.25) is 4.98 Å². The van der Waals surface area contributed by atoms with Crippen molar-refractivity contribution < 1.29 is 1.43 Å². The topological polar surface area (TPSA) is 73.9 Å². The quantitative estimate of drug-likeness (QED) is 0.609. The Hall–Kier alpha value is -1.35. The normalized spacial score (nSPS) is 6.38. The molecule has 0 fully saturated rings. The number of pyridine rings is 1. The number of hydrogen-bond acceptors (Lipinski definition) is 3. The van der Waals surface area contributed by atoms with E-state index in [-0.39, 0.29) is 7.58 Å². The van der Waals surface area contributed by atoms with Gasteiger partial charge in [0.1, 0.15) is 0 Å². The van der Waals surface area contributed by atoms with Gasteiger partial charge in [-0.05, 0) is 19.1 Å². The second-order valence-electron chi connectivity index (χ2n) is 1.73. The largest absolute Gasteiger partial charge is 0.397 e. The zero-order chi connectivity index (χ0) is 9.98. The first-order chi connectivity index (χ1) is 5.79. The monoisotopic (exact) mass is 185 g/mol. The van der Waals surface area contributed by atoms with Crippen LogP contribution in [-0.4, -0.2) is 4.98 Å². The van der Waals surface area contributed by atoms with Crippen molar-refractivity contribution in [2.75, 3.05) is 5.73 Å². The van der Waals surface area contributed by atoms with Gasteiger partial charge in [0, 0.05) is 7.12 Å². The van der Waals surface area contributed by atoms with Crippen LogP contribution in [0.4, 0.5) is 5.69 Å². The zero-order valence-electron chi connectivity index (χ0n) is 8.88. The lowest BCUT2D eigenvalue weighted by atomic mass is 10.4. The fraction of sp³-hybridized carbons (Fsp3) is 0.300. The Bertz CT molecular complexity index is 166. The first-order valence-electron chi connectivity index (χ1n) is 3.97. The van der Waals surface area contributed by atoms with Crippen LogP contribution in [0.3, 0.4) is 0 Å². The van der Waals surface area contributed by atoms with Crippen LogP contribution in [0.1, 0.15) is 21.0 Å². The molecule has 0 aromatic carbocycles. The van der Waals surface area contributed by atoms with E-state index in [1.807, 2.05) is 32.9 Å². The Kier molecular flexibility index (Phi) is 18.0. The molecule has 0 aliphatic heterocycles. The molecule has 1 aromatic heterocycles. The average molecular weight is 185 g/mol. The summed E-state index contributed by atoms with van der Waals surface area (Å²) in [5.41, 5.74) is 7.08. The van der Waals surface area contributed by atoms with Crippen molar-refractivity contribution in [1.29, 1.82) is 0 Å². The third-order valence-corrected chi connectivity index (χ3v) is 0.934. The zero-order valence-corrected chi connectivity index (χ0v) is 8.88. The van der Waals surface area contributed by atoms with E-state index < -0.39 is 0 Å². The average Bonchev–Trinajstić information content (AvgIpc) is 2.17. The molecule has 0 aliphatic rings. The van der Waals surface area contributed by atoms with Gasteiger partial charge in [-0.1, -0.05) is 13.8 Å². The molecule has 1 aromatic rings. The summed E-state index contributed by atoms with van der Waals surface area (Å²) < 4.78 is 0. The summed E-state index contributed by atoms with van der Waals surface area (Å²) in [7, 11) is 0. The Morgan fingerprint density at radius 3 is 2.00 bits per heavy atom. The van der Waals surface area contributed by atoms with E-state index in [1.54, 1.807) is 6.20 Å². The molecular weight excluding hydrogens is 162 g/mol. The van der Waals surface area contributed by atoms with Crippen LogP contribution >= 0.6 is 0 Å². The summed E-state index contributed by atoms with van der Waals surface area (Å²) in [6.07, 6.45) is 1.65. The molecule has 0 aliphatic carbocycles. The summed E-state index contributed by atoms with van der Waals surface area (Å²) in [6, 6.07) is 3.72. The molecule has 3 heteroatoms. The molecule has 0 unspecified atom stereocenters. The van der Waals surface area contributed by atoms with E-state index in [4.69, 9.17) is 5.73 Å². The van der Waals surface area contributed by atoms with Gasteiger partial charge in [-0.15, -0.1) is 13.2 Å². The van der Waals surface area contributed by atoms with Crippen molar-refractivity contribution in [2.24, 2.45) is 0 Å². The number of rotatable bonds is 0. The van der Waals surface area contributed by atoms with E-state index >= 15 is 0 Å². The Morgan fingerprint density at radius 2 is 1.77 bits per heavy atom. The second-order valence-corrected chi connectivity index (χ2v) is 1.73. The van der Waals surface area contributed by atoms with E-state index in [0.29, 0.717) is 0 Å². The highest BCUT2D eigenvalue weighted by atomic mass is 14.7. The molecule has 0 bridgehead atoms. The SMILES string of the molecule is C=C.CC.Cc1ccc(N)cn1.N.[HH]. The molecule has 78 valence electrons. The third kappa shape index (κ3) is 10.7. The maximum Gasteiger partial charge on any atom is 0.0500 e. The van der Waals surface area contributed by atoms with Gasteiger partial charge in [-0.2, -0.15) is 0 Å². The molecule has 1 heterocycles. The number of nitrogens with zero attached hydrogens (tertiary/aromatic N) is 1. The minimum absolute atomic E-state index is 0. The second kappa shape index (κ2) is 13.3. The van der Waals surface area contributed by atoms with Gasteiger partial charge in [0.25, 0.3) is 0 Å². The van der Waals surface area contributed by atoms with Crippen molar-refractivity contribution in [3.63, 3.8) is 0 Å². The molecule has 0 saturated carbocycles. The van der Waals surface area contributed by atoms with Crippen molar-refractivity contribution in [3.8, 4) is 0 Å². The predicted octanol–water partition coefficient (Wildman–Crippen LogP) is 3.21. The summed E-state index contributed by atoms with van der Waals surface area (Å²) >= 11 is 0. The van der Waals surface area contributed by atoms with Gasteiger partial charge in [0.15, 0.2) is 0 Å². The van der Waals surface area contributed by atoms with Gasteiger partial charge in [0.05, 0.1) is 11.9 Å². The Labute approximate surface area is 82.8 Å². The Balaban J connectivity index is -0.0000000750. The minimum Gasteiger partial charge on any atom is -0.397 e. The molecule has 3 nitrogen and oxygen atoms in total. The smallest absolute Gasteiger partial charge is 0.0500 e. The molecular formula is C10H23N3. The molecule has 0 saturated heterocycles. The van der Waals surface area contributed by atoms with Gasteiger partial charge < -0.3 is 11.9 Å². The summed E-state index contributed by atoms with van der Waals surface area (Å²) in [4.78, 5) is 3.95. The van der Waals surface area contributed by atoms with Crippen LogP contribution in [0, 0.1) is 6.92 Å².